The summed E-state index contributed by atoms with van der Waals surface area (Å²) in [6.45, 7) is 8.80. The fourth-order valence-electron chi connectivity index (χ4n) is 5.03. The predicted octanol–water partition coefficient (Wildman–Crippen LogP) is 7.46. The zero-order valence-electron chi connectivity index (χ0n) is 19.4. The van der Waals surface area contributed by atoms with Gasteiger partial charge < -0.3 is 4.74 Å². The Morgan fingerprint density at radius 3 is 1.97 bits per heavy atom. The normalized spacial score (nSPS) is 16.8. The topological polar surface area (TPSA) is 26.3 Å². The minimum Gasteiger partial charge on any atom is -0.487 e. The molecular formula is C27H33F3O2. The van der Waals surface area contributed by atoms with Crippen LogP contribution in [0.25, 0.3) is 0 Å². The molecule has 0 N–H and O–H groups in total. The summed E-state index contributed by atoms with van der Waals surface area (Å²) in [6, 6.07) is 10.9. The molecule has 0 saturated heterocycles. The van der Waals surface area contributed by atoms with Crippen LogP contribution in [0.3, 0.4) is 0 Å². The fraction of sp³-hybridized carbons (Fsp3) is 0.519. The number of ketones is 1. The van der Waals surface area contributed by atoms with Crippen molar-refractivity contribution in [2.75, 3.05) is 0 Å². The standard InChI is InChI=1S/C27H33F3O2/c1-5-25(6-2)18-26(7-3,8-4)32-24-14-11-20(17-23(24)25)16-22(31)15-19-9-12-21(13-10-19)27(28,29)30/h9-14,17H,5-8,15-16,18H2,1-4H3. The van der Waals surface area contributed by atoms with Crippen LogP contribution in [-0.4, -0.2) is 11.4 Å². The maximum absolute atomic E-state index is 12.7. The average molecular weight is 447 g/mol. The second kappa shape index (κ2) is 9.29. The zero-order valence-corrected chi connectivity index (χ0v) is 19.4. The van der Waals surface area contributed by atoms with Crippen molar-refractivity contribution in [2.45, 2.75) is 89.8 Å². The van der Waals surface area contributed by atoms with E-state index in [2.05, 4.69) is 33.8 Å². The Morgan fingerprint density at radius 1 is 0.875 bits per heavy atom. The van der Waals surface area contributed by atoms with Crippen molar-refractivity contribution in [3.63, 3.8) is 0 Å². The molecule has 32 heavy (non-hydrogen) atoms. The van der Waals surface area contributed by atoms with Crippen LogP contribution in [0.5, 0.6) is 5.75 Å². The van der Waals surface area contributed by atoms with Gasteiger partial charge in [0.05, 0.1) is 5.56 Å². The molecule has 0 spiro atoms. The Labute approximate surface area is 189 Å². The van der Waals surface area contributed by atoms with E-state index in [1.807, 2.05) is 12.1 Å². The van der Waals surface area contributed by atoms with E-state index in [1.54, 1.807) is 0 Å². The Morgan fingerprint density at radius 2 is 1.44 bits per heavy atom. The lowest BCUT2D eigenvalue weighted by Gasteiger charge is -2.48. The molecule has 174 valence electrons. The van der Waals surface area contributed by atoms with Crippen molar-refractivity contribution in [3.05, 3.63) is 64.7 Å². The van der Waals surface area contributed by atoms with Gasteiger partial charge in [0.1, 0.15) is 17.1 Å². The number of Topliss-reactive ketones (excluding diaryl/α,β-unsaturated/α-hetero) is 1. The van der Waals surface area contributed by atoms with Gasteiger partial charge in [0, 0.05) is 23.8 Å². The van der Waals surface area contributed by atoms with Crippen LogP contribution in [0.15, 0.2) is 42.5 Å². The molecule has 0 radical (unpaired) electrons. The van der Waals surface area contributed by atoms with Gasteiger partial charge in [-0.15, -0.1) is 0 Å². The van der Waals surface area contributed by atoms with Crippen LogP contribution >= 0.6 is 0 Å². The minimum atomic E-state index is -4.37. The Hall–Kier alpha value is -2.30. The summed E-state index contributed by atoms with van der Waals surface area (Å²) in [7, 11) is 0. The van der Waals surface area contributed by atoms with Crippen molar-refractivity contribution in [1.82, 2.24) is 0 Å². The monoisotopic (exact) mass is 446 g/mol. The molecule has 2 aromatic carbocycles. The molecule has 1 heterocycles. The van der Waals surface area contributed by atoms with E-state index in [1.165, 1.54) is 17.7 Å². The molecule has 2 aromatic rings. The van der Waals surface area contributed by atoms with Gasteiger partial charge in [0.25, 0.3) is 0 Å². The quantitative estimate of drug-likeness (QED) is 0.421. The molecule has 0 unspecified atom stereocenters. The molecule has 5 heteroatoms. The number of alkyl halides is 3. The first-order valence-corrected chi connectivity index (χ1v) is 11.6. The molecule has 1 aliphatic rings. The molecule has 0 aliphatic carbocycles. The maximum Gasteiger partial charge on any atom is 0.416 e. The van der Waals surface area contributed by atoms with E-state index in [0.717, 1.165) is 55.5 Å². The number of halogens is 3. The van der Waals surface area contributed by atoms with Gasteiger partial charge >= 0.3 is 6.18 Å². The molecule has 0 bridgehead atoms. The molecule has 0 aromatic heterocycles. The van der Waals surface area contributed by atoms with Crippen LogP contribution in [0.2, 0.25) is 0 Å². The Kier molecular flexibility index (Phi) is 7.06. The predicted molar refractivity (Wildman–Crippen MR) is 121 cm³/mol. The van der Waals surface area contributed by atoms with Crippen LogP contribution in [-0.2, 0) is 29.2 Å². The van der Waals surface area contributed by atoms with Gasteiger partial charge in [-0.1, -0.05) is 52.0 Å². The lowest BCUT2D eigenvalue weighted by atomic mass is 9.65. The summed E-state index contributed by atoms with van der Waals surface area (Å²) in [5, 5.41) is 0. The average Bonchev–Trinajstić information content (AvgIpc) is 2.78. The Balaban J connectivity index is 1.80. The highest BCUT2D eigenvalue weighted by Crippen LogP contribution is 2.51. The minimum absolute atomic E-state index is 0.0171. The van der Waals surface area contributed by atoms with Crippen molar-refractivity contribution in [3.8, 4) is 5.75 Å². The van der Waals surface area contributed by atoms with Crippen molar-refractivity contribution >= 4 is 5.78 Å². The first-order valence-electron chi connectivity index (χ1n) is 11.6. The number of hydrogen-bond donors (Lipinski definition) is 0. The number of rotatable bonds is 8. The summed E-state index contributed by atoms with van der Waals surface area (Å²) in [6.07, 6.45) is 0.894. The number of hydrogen-bond acceptors (Lipinski definition) is 2. The highest BCUT2D eigenvalue weighted by atomic mass is 19.4. The Bertz CT molecular complexity index is 936. The third-order valence-electron chi connectivity index (χ3n) is 7.33. The highest BCUT2D eigenvalue weighted by molar-refractivity contribution is 5.83. The van der Waals surface area contributed by atoms with E-state index in [-0.39, 0.29) is 29.6 Å². The molecule has 0 fully saturated rings. The molecule has 0 atom stereocenters. The molecular weight excluding hydrogens is 413 g/mol. The smallest absolute Gasteiger partial charge is 0.416 e. The molecule has 0 amide bonds. The number of fused-ring (bicyclic) bond motifs is 1. The fourth-order valence-corrected chi connectivity index (χ4v) is 5.03. The summed E-state index contributed by atoms with van der Waals surface area (Å²) in [5.41, 5.74) is 1.87. The number of carbonyl (C=O) groups excluding carboxylic acids is 1. The van der Waals surface area contributed by atoms with Crippen LogP contribution in [0.4, 0.5) is 13.2 Å². The number of carbonyl (C=O) groups is 1. The van der Waals surface area contributed by atoms with Crippen molar-refractivity contribution in [1.29, 1.82) is 0 Å². The molecule has 2 nitrogen and oxygen atoms in total. The van der Waals surface area contributed by atoms with Gasteiger partial charge in [0.15, 0.2) is 0 Å². The van der Waals surface area contributed by atoms with E-state index >= 15 is 0 Å². The lowest BCUT2D eigenvalue weighted by molar-refractivity contribution is -0.137. The van der Waals surface area contributed by atoms with Crippen molar-refractivity contribution < 1.29 is 22.7 Å². The summed E-state index contributed by atoms with van der Waals surface area (Å²) >= 11 is 0. The maximum atomic E-state index is 12.7. The number of ether oxygens (including phenoxy) is 1. The molecule has 1 aliphatic heterocycles. The third kappa shape index (κ3) is 4.87. The van der Waals surface area contributed by atoms with Gasteiger partial charge in [-0.3, -0.25) is 4.79 Å². The lowest BCUT2D eigenvalue weighted by Crippen LogP contribution is -2.47. The SMILES string of the molecule is CCC1(CC)CC(CC)(CC)c2cc(CC(=O)Cc3ccc(C(F)(F)F)cc3)ccc2O1. The van der Waals surface area contributed by atoms with Gasteiger partial charge in [-0.25, -0.2) is 0 Å². The first-order chi connectivity index (χ1) is 15.1. The van der Waals surface area contributed by atoms with E-state index in [4.69, 9.17) is 4.74 Å². The first kappa shape index (κ1) is 24.3. The second-order valence-corrected chi connectivity index (χ2v) is 9.07. The van der Waals surface area contributed by atoms with E-state index in [0.29, 0.717) is 5.56 Å². The van der Waals surface area contributed by atoms with Gasteiger partial charge in [0.2, 0.25) is 0 Å². The third-order valence-corrected chi connectivity index (χ3v) is 7.33. The molecule has 0 saturated carbocycles. The van der Waals surface area contributed by atoms with Crippen LogP contribution < -0.4 is 4.74 Å². The summed E-state index contributed by atoms with van der Waals surface area (Å²) in [5.74, 6) is 0.902. The highest BCUT2D eigenvalue weighted by Gasteiger charge is 2.46. The van der Waals surface area contributed by atoms with E-state index < -0.39 is 11.7 Å². The van der Waals surface area contributed by atoms with Crippen molar-refractivity contribution in [2.24, 2.45) is 0 Å². The largest absolute Gasteiger partial charge is 0.487 e. The second-order valence-electron chi connectivity index (χ2n) is 9.07. The molecule has 3 rings (SSSR count). The van der Waals surface area contributed by atoms with Crippen LogP contribution in [0.1, 0.15) is 82.1 Å². The van der Waals surface area contributed by atoms with E-state index in [9.17, 15) is 18.0 Å². The summed E-state index contributed by atoms with van der Waals surface area (Å²) in [4.78, 5) is 12.7. The van der Waals surface area contributed by atoms with Gasteiger partial charge in [-0.2, -0.15) is 13.2 Å². The van der Waals surface area contributed by atoms with Crippen LogP contribution in [0, 0.1) is 0 Å². The summed E-state index contributed by atoms with van der Waals surface area (Å²) < 4.78 is 44.7. The van der Waals surface area contributed by atoms with Gasteiger partial charge in [-0.05, 0) is 61.4 Å². The number of benzene rings is 2. The zero-order chi connectivity index (χ0) is 23.6.